The van der Waals surface area contributed by atoms with E-state index in [9.17, 15) is 19.5 Å². The van der Waals surface area contributed by atoms with Crippen LogP contribution in [0.3, 0.4) is 0 Å². The molecule has 0 aromatic carbocycles. The predicted molar refractivity (Wildman–Crippen MR) is 281 cm³/mol. The maximum atomic E-state index is 12.9. The molecule has 0 heterocycles. The van der Waals surface area contributed by atoms with E-state index in [1.54, 1.807) is 0 Å². The molecule has 390 valence electrons. The molecule has 0 rings (SSSR count). The maximum Gasteiger partial charge on any atom is 0.361 e. The summed E-state index contributed by atoms with van der Waals surface area (Å²) < 4.78 is 22.9. The fraction of sp³-hybridized carbons (Fsp3) is 0.810. The Bertz CT molecular complexity index is 1240. The molecule has 0 aliphatic carbocycles. The lowest BCUT2D eigenvalue weighted by atomic mass is 10.1. The Kier molecular flexibility index (Phi) is 47.6. The molecule has 2 atom stereocenters. The van der Waals surface area contributed by atoms with Gasteiger partial charge in [-0.2, -0.15) is 0 Å². The second-order valence-electron chi connectivity index (χ2n) is 19.9. The van der Waals surface area contributed by atoms with Gasteiger partial charge in [-0.25, -0.2) is 4.79 Å². The molecule has 0 saturated heterocycles. The largest absolute Gasteiger partial charge is 0.477 e. The molecular weight excluding hydrogens is 839 g/mol. The van der Waals surface area contributed by atoms with Gasteiger partial charge in [0.25, 0.3) is 6.29 Å². The molecule has 0 aromatic rings. The zero-order valence-electron chi connectivity index (χ0n) is 44.3. The molecule has 9 nitrogen and oxygen atoms in total. The first-order valence-corrected chi connectivity index (χ1v) is 27.8. The molecule has 0 saturated carbocycles. The van der Waals surface area contributed by atoms with E-state index in [1.165, 1.54) is 154 Å². The average molecular weight is 945 g/mol. The first-order valence-electron chi connectivity index (χ1n) is 27.8. The number of quaternary nitrogens is 1. The van der Waals surface area contributed by atoms with Crippen LogP contribution in [0.15, 0.2) is 48.6 Å². The molecule has 1 N–H and O–H groups in total. The highest BCUT2D eigenvalue weighted by Crippen LogP contribution is 2.15. The highest BCUT2D eigenvalue weighted by molar-refractivity contribution is 5.71. The third kappa shape index (κ3) is 50.9. The first kappa shape index (κ1) is 64.2. The molecule has 0 aliphatic heterocycles. The van der Waals surface area contributed by atoms with Crippen LogP contribution in [0.2, 0.25) is 0 Å². The molecule has 9 heteroatoms. The fourth-order valence-corrected chi connectivity index (χ4v) is 7.72. The molecule has 67 heavy (non-hydrogen) atoms. The number of ether oxygens (including phenoxy) is 4. The Morgan fingerprint density at radius 3 is 1.21 bits per heavy atom. The third-order valence-electron chi connectivity index (χ3n) is 12.1. The van der Waals surface area contributed by atoms with Gasteiger partial charge in [-0.15, -0.1) is 0 Å². The number of allylic oxidation sites excluding steroid dienone is 8. The number of likely N-dealkylation sites (N-methyl/N-ethyl adjacent to an activating group) is 1. The number of nitrogens with zero attached hydrogens (tertiary/aromatic N) is 1. The first-order chi connectivity index (χ1) is 32.6. The highest BCUT2D eigenvalue weighted by Gasteiger charge is 2.25. The van der Waals surface area contributed by atoms with E-state index in [0.29, 0.717) is 23.9 Å². The lowest BCUT2D eigenvalue weighted by Gasteiger charge is -2.25. The number of unbranched alkanes of at least 4 members (excludes halogenated alkanes) is 28. The van der Waals surface area contributed by atoms with E-state index >= 15 is 0 Å². The van der Waals surface area contributed by atoms with Crippen molar-refractivity contribution < 1.29 is 42.9 Å². The Labute approximate surface area is 412 Å². The van der Waals surface area contributed by atoms with Crippen LogP contribution in [-0.2, 0) is 33.3 Å². The van der Waals surface area contributed by atoms with Gasteiger partial charge in [0.1, 0.15) is 13.2 Å². The standard InChI is InChI=1S/C58H105NO8/c1-6-8-10-12-14-16-18-20-22-24-26-27-28-29-31-33-35-37-39-41-43-45-47-49-56(61)67-54(53-66-58(57(62)63)64-51-50-59(3,4)5)52-65-55(60)48-46-44-42-40-38-36-34-32-30-25-23-21-19-17-15-13-11-9-7-2/h18,20-21,23-24,26,28-29,54,58H,6-17,19,22,25,27,30-53H2,1-5H3/p+1/b20-18-,23-21-,26-24-,29-28-. The summed E-state index contributed by atoms with van der Waals surface area (Å²) in [5, 5.41) is 9.69. The van der Waals surface area contributed by atoms with Crippen LogP contribution in [0, 0.1) is 0 Å². The van der Waals surface area contributed by atoms with Crippen molar-refractivity contribution in [3.05, 3.63) is 48.6 Å². The van der Waals surface area contributed by atoms with E-state index < -0.39 is 24.3 Å². The highest BCUT2D eigenvalue weighted by atomic mass is 16.7. The number of carbonyl (C=O) groups is 3. The quantitative estimate of drug-likeness (QED) is 0.0211. The van der Waals surface area contributed by atoms with Crippen molar-refractivity contribution in [1.29, 1.82) is 0 Å². The number of esters is 2. The third-order valence-corrected chi connectivity index (χ3v) is 12.1. The molecule has 0 aliphatic rings. The molecule has 2 unspecified atom stereocenters. The van der Waals surface area contributed by atoms with Crippen molar-refractivity contribution in [2.75, 3.05) is 47.5 Å². The molecule has 0 fully saturated rings. The van der Waals surface area contributed by atoms with E-state index in [2.05, 4.69) is 62.5 Å². The summed E-state index contributed by atoms with van der Waals surface area (Å²) >= 11 is 0. The number of aliphatic carboxylic acids is 1. The molecule has 0 radical (unpaired) electrons. The minimum atomic E-state index is -1.51. The second kappa shape index (κ2) is 49.7. The molecular formula is C58H106NO8+. The van der Waals surface area contributed by atoms with E-state index in [1.807, 2.05) is 21.1 Å². The summed E-state index contributed by atoms with van der Waals surface area (Å²) in [6, 6.07) is 0. The number of carboxylic acid groups (broad SMARTS) is 1. The van der Waals surface area contributed by atoms with E-state index in [-0.39, 0.29) is 32.2 Å². The van der Waals surface area contributed by atoms with Crippen molar-refractivity contribution in [3.63, 3.8) is 0 Å². The number of hydrogen-bond donors (Lipinski definition) is 1. The topological polar surface area (TPSA) is 108 Å². The SMILES string of the molecule is CCCCCCC/C=C\C/C=C\C/C=C\CCCCCCCCCCC(=O)OC(COC(=O)CCCCCCCCCCC/C=C\CCCCCCCC)COC(OCC[N+](C)(C)C)C(=O)O. The smallest absolute Gasteiger partial charge is 0.361 e. The number of hydrogen-bond acceptors (Lipinski definition) is 7. The van der Waals surface area contributed by atoms with Gasteiger partial charge in [0.2, 0.25) is 0 Å². The fourth-order valence-electron chi connectivity index (χ4n) is 7.72. The Balaban J connectivity index is 4.31. The van der Waals surface area contributed by atoms with Crippen LogP contribution in [0.5, 0.6) is 0 Å². The van der Waals surface area contributed by atoms with Gasteiger partial charge in [0.05, 0.1) is 34.4 Å². The Hall–Kier alpha value is -2.75. The number of rotatable bonds is 51. The molecule has 0 spiro atoms. The van der Waals surface area contributed by atoms with Gasteiger partial charge in [0, 0.05) is 12.8 Å². The summed E-state index contributed by atoms with van der Waals surface area (Å²) in [5.41, 5.74) is 0. The van der Waals surface area contributed by atoms with Crippen LogP contribution in [-0.4, -0.2) is 87.4 Å². The van der Waals surface area contributed by atoms with Crippen molar-refractivity contribution >= 4 is 17.9 Å². The zero-order valence-corrected chi connectivity index (χ0v) is 44.3. The van der Waals surface area contributed by atoms with Gasteiger partial charge in [-0.1, -0.05) is 204 Å². The van der Waals surface area contributed by atoms with Gasteiger partial charge in [-0.05, 0) is 77.0 Å². The van der Waals surface area contributed by atoms with Gasteiger partial charge >= 0.3 is 17.9 Å². The Morgan fingerprint density at radius 2 is 0.806 bits per heavy atom. The van der Waals surface area contributed by atoms with Crippen LogP contribution in [0.4, 0.5) is 0 Å². The minimum absolute atomic E-state index is 0.185. The van der Waals surface area contributed by atoms with Crippen molar-refractivity contribution in [2.24, 2.45) is 0 Å². The summed E-state index contributed by atoms with van der Waals surface area (Å²) in [4.78, 5) is 37.4. The molecule has 0 aromatic heterocycles. The van der Waals surface area contributed by atoms with E-state index in [4.69, 9.17) is 18.9 Å². The maximum absolute atomic E-state index is 12.9. The van der Waals surface area contributed by atoms with Gasteiger partial charge in [-0.3, -0.25) is 9.59 Å². The Morgan fingerprint density at radius 1 is 0.448 bits per heavy atom. The summed E-state index contributed by atoms with van der Waals surface area (Å²) in [5.74, 6) is -2.01. The number of carboxylic acids is 1. The van der Waals surface area contributed by atoms with Crippen molar-refractivity contribution in [1.82, 2.24) is 0 Å². The van der Waals surface area contributed by atoms with E-state index in [0.717, 1.165) is 57.8 Å². The lowest BCUT2D eigenvalue weighted by molar-refractivity contribution is -0.870. The molecule has 0 bridgehead atoms. The van der Waals surface area contributed by atoms with Gasteiger partial charge in [0.15, 0.2) is 6.10 Å². The zero-order chi connectivity index (χ0) is 49.2. The van der Waals surface area contributed by atoms with Crippen LogP contribution in [0.1, 0.15) is 245 Å². The number of carbonyl (C=O) groups excluding carboxylic acids is 2. The predicted octanol–water partition coefficient (Wildman–Crippen LogP) is 15.9. The average Bonchev–Trinajstić information content (AvgIpc) is 3.29. The van der Waals surface area contributed by atoms with Gasteiger partial charge < -0.3 is 28.5 Å². The lowest BCUT2D eigenvalue weighted by Crippen LogP contribution is -2.40. The van der Waals surface area contributed by atoms with Crippen molar-refractivity contribution in [3.8, 4) is 0 Å². The van der Waals surface area contributed by atoms with Crippen LogP contribution < -0.4 is 0 Å². The van der Waals surface area contributed by atoms with Crippen molar-refractivity contribution in [2.45, 2.75) is 257 Å². The summed E-state index contributed by atoms with van der Waals surface area (Å²) in [6.45, 7) is 4.87. The second-order valence-corrected chi connectivity index (χ2v) is 19.9. The minimum Gasteiger partial charge on any atom is -0.477 e. The summed E-state index contributed by atoms with van der Waals surface area (Å²) in [6.07, 6.45) is 57.4. The molecule has 0 amide bonds. The normalized spacial score (nSPS) is 13.1. The monoisotopic (exact) mass is 945 g/mol. The summed E-state index contributed by atoms with van der Waals surface area (Å²) in [7, 11) is 5.96. The van der Waals surface area contributed by atoms with Crippen LogP contribution >= 0.6 is 0 Å². The van der Waals surface area contributed by atoms with Crippen LogP contribution in [0.25, 0.3) is 0 Å².